The van der Waals surface area contributed by atoms with E-state index in [1.165, 1.54) is 16.2 Å². The molecule has 0 aliphatic heterocycles. The molecule has 3 aromatic heterocycles. The quantitative estimate of drug-likeness (QED) is 0.803. The summed E-state index contributed by atoms with van der Waals surface area (Å²) < 4.78 is 1.62. The van der Waals surface area contributed by atoms with Crippen molar-refractivity contribution in [3.8, 4) is 0 Å². The molecule has 3 aromatic rings. The molecule has 0 fully saturated rings. The molecule has 0 aromatic carbocycles. The van der Waals surface area contributed by atoms with Gasteiger partial charge in [0.05, 0.1) is 6.04 Å². The molecule has 0 spiro atoms. The number of hydrogen-bond donors (Lipinski definition) is 1. The number of aromatic carboxylic acids is 1. The van der Waals surface area contributed by atoms with Crippen LogP contribution in [-0.2, 0) is 0 Å². The summed E-state index contributed by atoms with van der Waals surface area (Å²) in [7, 11) is 1.88. The van der Waals surface area contributed by atoms with E-state index in [0.717, 1.165) is 0 Å². The number of aromatic nitrogens is 2. The third-order valence-corrected chi connectivity index (χ3v) is 5.12. The fourth-order valence-corrected chi connectivity index (χ4v) is 3.66. The SMILES string of the molecule is CC(c1cccs1)N(C)c1nc2sccn2c1C(=O)O. The Morgan fingerprint density at radius 3 is 2.90 bits per heavy atom. The van der Waals surface area contributed by atoms with Crippen LogP contribution in [0.25, 0.3) is 4.96 Å². The smallest absolute Gasteiger partial charge is 0.356 e. The maximum absolute atomic E-state index is 11.5. The minimum absolute atomic E-state index is 0.0812. The molecule has 0 bridgehead atoms. The summed E-state index contributed by atoms with van der Waals surface area (Å²) in [6.45, 7) is 2.05. The highest BCUT2D eigenvalue weighted by atomic mass is 32.1. The van der Waals surface area contributed by atoms with Crippen LogP contribution in [0.4, 0.5) is 5.82 Å². The monoisotopic (exact) mass is 307 g/mol. The number of carboxylic acid groups (broad SMARTS) is 1. The molecule has 1 N–H and O–H groups in total. The van der Waals surface area contributed by atoms with Crippen LogP contribution >= 0.6 is 22.7 Å². The summed E-state index contributed by atoms with van der Waals surface area (Å²) >= 11 is 3.09. The van der Waals surface area contributed by atoms with E-state index < -0.39 is 5.97 Å². The molecule has 0 amide bonds. The zero-order valence-electron chi connectivity index (χ0n) is 11.0. The predicted molar refractivity (Wildman–Crippen MR) is 81.2 cm³/mol. The van der Waals surface area contributed by atoms with E-state index >= 15 is 0 Å². The van der Waals surface area contributed by atoms with Gasteiger partial charge >= 0.3 is 5.97 Å². The largest absolute Gasteiger partial charge is 0.476 e. The number of imidazole rings is 1. The van der Waals surface area contributed by atoms with E-state index in [1.807, 2.05) is 41.8 Å². The molecular formula is C13H13N3O2S2. The van der Waals surface area contributed by atoms with Crippen molar-refractivity contribution in [1.29, 1.82) is 0 Å². The number of nitrogens with zero attached hydrogens (tertiary/aromatic N) is 3. The molecule has 104 valence electrons. The van der Waals surface area contributed by atoms with Gasteiger partial charge in [0, 0.05) is 23.5 Å². The van der Waals surface area contributed by atoms with Crippen LogP contribution in [0.1, 0.15) is 28.3 Å². The summed E-state index contributed by atoms with van der Waals surface area (Å²) in [6.07, 6.45) is 1.74. The molecular weight excluding hydrogens is 294 g/mol. The molecule has 0 aliphatic carbocycles. The van der Waals surface area contributed by atoms with Gasteiger partial charge in [0.15, 0.2) is 16.5 Å². The van der Waals surface area contributed by atoms with Crippen molar-refractivity contribution in [3.05, 3.63) is 39.7 Å². The summed E-state index contributed by atoms with van der Waals surface area (Å²) in [4.78, 5) is 19.8. The van der Waals surface area contributed by atoms with E-state index in [2.05, 4.69) is 4.98 Å². The number of thiophene rings is 1. The molecule has 0 saturated heterocycles. The van der Waals surface area contributed by atoms with Gasteiger partial charge in [0.25, 0.3) is 0 Å². The van der Waals surface area contributed by atoms with Crippen LogP contribution in [0.3, 0.4) is 0 Å². The number of carboxylic acids is 1. The average Bonchev–Trinajstić information content (AvgIpc) is 3.11. The van der Waals surface area contributed by atoms with Crippen molar-refractivity contribution >= 4 is 39.4 Å². The zero-order valence-corrected chi connectivity index (χ0v) is 12.6. The topological polar surface area (TPSA) is 57.8 Å². The zero-order chi connectivity index (χ0) is 14.3. The Balaban J connectivity index is 2.07. The maximum atomic E-state index is 11.5. The summed E-state index contributed by atoms with van der Waals surface area (Å²) in [5.41, 5.74) is 0.215. The van der Waals surface area contributed by atoms with E-state index in [1.54, 1.807) is 21.9 Å². The van der Waals surface area contributed by atoms with E-state index in [4.69, 9.17) is 0 Å². The van der Waals surface area contributed by atoms with Gasteiger partial charge < -0.3 is 10.0 Å². The Kier molecular flexibility index (Phi) is 3.23. The fourth-order valence-electron chi connectivity index (χ4n) is 2.12. The second-order valence-electron chi connectivity index (χ2n) is 4.45. The highest BCUT2D eigenvalue weighted by Crippen LogP contribution is 2.31. The minimum atomic E-state index is -0.962. The number of carbonyl (C=O) groups is 1. The number of hydrogen-bond acceptors (Lipinski definition) is 5. The van der Waals surface area contributed by atoms with Gasteiger partial charge in [-0.25, -0.2) is 9.78 Å². The fraction of sp³-hybridized carbons (Fsp3) is 0.231. The van der Waals surface area contributed by atoms with Gasteiger partial charge in [-0.3, -0.25) is 4.40 Å². The Bertz CT molecular complexity index is 745. The minimum Gasteiger partial charge on any atom is -0.476 e. The van der Waals surface area contributed by atoms with Crippen molar-refractivity contribution < 1.29 is 9.90 Å². The lowest BCUT2D eigenvalue weighted by molar-refractivity contribution is 0.0690. The molecule has 0 radical (unpaired) electrons. The van der Waals surface area contributed by atoms with Gasteiger partial charge in [0.2, 0.25) is 0 Å². The normalized spacial score (nSPS) is 12.7. The van der Waals surface area contributed by atoms with Gasteiger partial charge in [-0.15, -0.1) is 22.7 Å². The first-order valence-electron chi connectivity index (χ1n) is 6.04. The number of anilines is 1. The highest BCUT2D eigenvalue weighted by Gasteiger charge is 2.25. The Hall–Kier alpha value is -1.86. The van der Waals surface area contributed by atoms with Crippen LogP contribution in [0, 0.1) is 0 Å². The summed E-state index contributed by atoms with van der Waals surface area (Å²) in [6, 6.07) is 4.12. The molecule has 3 rings (SSSR count). The molecule has 1 unspecified atom stereocenters. The van der Waals surface area contributed by atoms with Gasteiger partial charge in [-0.05, 0) is 18.4 Å². The van der Waals surface area contributed by atoms with Crippen LogP contribution < -0.4 is 4.90 Å². The van der Waals surface area contributed by atoms with Gasteiger partial charge in [-0.1, -0.05) is 6.07 Å². The van der Waals surface area contributed by atoms with Crippen LogP contribution in [0.2, 0.25) is 0 Å². The van der Waals surface area contributed by atoms with Crippen LogP contribution in [0.15, 0.2) is 29.1 Å². The molecule has 5 nitrogen and oxygen atoms in total. The Morgan fingerprint density at radius 1 is 1.45 bits per heavy atom. The third kappa shape index (κ3) is 1.99. The molecule has 0 aliphatic rings. The predicted octanol–water partition coefficient (Wildman–Crippen LogP) is 3.35. The van der Waals surface area contributed by atoms with E-state index in [-0.39, 0.29) is 11.7 Å². The lowest BCUT2D eigenvalue weighted by Gasteiger charge is -2.24. The van der Waals surface area contributed by atoms with Crippen molar-refractivity contribution in [3.63, 3.8) is 0 Å². The Morgan fingerprint density at radius 2 is 2.25 bits per heavy atom. The maximum Gasteiger partial charge on any atom is 0.356 e. The van der Waals surface area contributed by atoms with Crippen molar-refractivity contribution in [1.82, 2.24) is 9.38 Å². The highest BCUT2D eigenvalue weighted by molar-refractivity contribution is 7.15. The van der Waals surface area contributed by atoms with Gasteiger partial charge in [-0.2, -0.15) is 0 Å². The lowest BCUT2D eigenvalue weighted by atomic mass is 10.2. The molecule has 3 heterocycles. The summed E-state index contributed by atoms with van der Waals surface area (Å²) in [5.74, 6) is -0.457. The first kappa shape index (κ1) is 13.1. The molecule has 0 saturated carbocycles. The Labute approximate surface area is 123 Å². The summed E-state index contributed by atoms with van der Waals surface area (Å²) in [5, 5.41) is 13.3. The molecule has 20 heavy (non-hydrogen) atoms. The standard InChI is InChI=1S/C13H13N3O2S2/c1-8(9-4-3-6-19-9)15(2)11-10(12(17)18)16-5-7-20-13(16)14-11/h3-8H,1-2H3,(H,17,18). The van der Waals surface area contributed by atoms with Crippen LogP contribution in [-0.4, -0.2) is 27.5 Å². The number of fused-ring (bicyclic) bond motifs is 1. The van der Waals surface area contributed by atoms with Gasteiger partial charge in [0.1, 0.15) is 0 Å². The van der Waals surface area contributed by atoms with E-state index in [9.17, 15) is 9.90 Å². The van der Waals surface area contributed by atoms with E-state index in [0.29, 0.717) is 10.8 Å². The first-order valence-corrected chi connectivity index (χ1v) is 7.80. The third-order valence-electron chi connectivity index (χ3n) is 3.32. The molecule has 7 heteroatoms. The number of rotatable bonds is 4. The second kappa shape index (κ2) is 4.92. The van der Waals surface area contributed by atoms with Crippen LogP contribution in [0.5, 0.6) is 0 Å². The number of thiazole rings is 1. The van der Waals surface area contributed by atoms with Crippen molar-refractivity contribution in [2.45, 2.75) is 13.0 Å². The molecule has 1 atom stereocenters. The average molecular weight is 307 g/mol. The lowest BCUT2D eigenvalue weighted by Crippen LogP contribution is -2.23. The second-order valence-corrected chi connectivity index (χ2v) is 6.30. The first-order chi connectivity index (χ1) is 9.59. The van der Waals surface area contributed by atoms with Crippen molar-refractivity contribution in [2.24, 2.45) is 0 Å². The van der Waals surface area contributed by atoms with Crippen molar-refractivity contribution in [2.75, 3.05) is 11.9 Å².